The number of alkyl halides is 1. The lowest BCUT2D eigenvalue weighted by Gasteiger charge is -2.16. The molecule has 1 aromatic heterocycles. The third kappa shape index (κ3) is 2.39. The molecule has 3 heteroatoms. The molecular weight excluding hydrogens is 316 g/mol. The largest absolute Gasteiger partial charge is 0.487 e. The van der Waals surface area contributed by atoms with Crippen molar-refractivity contribution in [3.63, 3.8) is 0 Å². The Bertz CT molecular complexity index is 628. The van der Waals surface area contributed by atoms with Gasteiger partial charge in [-0.15, -0.1) is 0 Å². The first-order valence-corrected chi connectivity index (χ1v) is 7.94. The summed E-state index contributed by atoms with van der Waals surface area (Å²) in [7, 11) is 0. The minimum Gasteiger partial charge on any atom is -0.487 e. The number of hydrogen-bond donors (Lipinski definition) is 0. The lowest BCUT2D eigenvalue weighted by molar-refractivity contribution is 0.138. The van der Waals surface area contributed by atoms with E-state index in [-0.39, 0.29) is 10.4 Å². The van der Waals surface area contributed by atoms with Crippen molar-refractivity contribution in [3.8, 4) is 5.75 Å². The van der Waals surface area contributed by atoms with Gasteiger partial charge in [-0.3, -0.25) is 0 Å². The zero-order valence-corrected chi connectivity index (χ0v) is 13.7. The number of hydrogen-bond acceptors (Lipinski definition) is 2. The maximum atomic E-state index is 5.93. The molecule has 3 rings (SSSR count). The van der Waals surface area contributed by atoms with Crippen LogP contribution < -0.4 is 4.74 Å². The molecule has 0 fully saturated rings. The van der Waals surface area contributed by atoms with E-state index >= 15 is 0 Å². The molecular formula is C17H19BrO2. The van der Waals surface area contributed by atoms with Crippen molar-refractivity contribution in [1.82, 2.24) is 0 Å². The highest BCUT2D eigenvalue weighted by Gasteiger charge is 2.30. The van der Waals surface area contributed by atoms with Gasteiger partial charge < -0.3 is 9.15 Å². The smallest absolute Gasteiger partial charge is 0.123 e. The van der Waals surface area contributed by atoms with Gasteiger partial charge in [-0.2, -0.15) is 0 Å². The van der Waals surface area contributed by atoms with Gasteiger partial charge in [0.05, 0.1) is 11.1 Å². The number of furan rings is 1. The van der Waals surface area contributed by atoms with Crippen molar-refractivity contribution >= 4 is 15.9 Å². The van der Waals surface area contributed by atoms with Crippen LogP contribution in [0.3, 0.4) is 0 Å². The lowest BCUT2D eigenvalue weighted by Crippen LogP contribution is -2.24. The zero-order chi connectivity index (χ0) is 14.3. The number of rotatable bonds is 3. The summed E-state index contributed by atoms with van der Waals surface area (Å²) in [5.41, 5.74) is 3.66. The van der Waals surface area contributed by atoms with Crippen LogP contribution in [-0.2, 0) is 12.8 Å². The molecule has 0 aliphatic carbocycles. The second-order valence-corrected chi connectivity index (χ2v) is 6.84. The van der Waals surface area contributed by atoms with Crippen molar-refractivity contribution < 1.29 is 9.15 Å². The van der Waals surface area contributed by atoms with Crippen LogP contribution in [0.1, 0.15) is 48.0 Å². The maximum absolute atomic E-state index is 5.93. The summed E-state index contributed by atoms with van der Waals surface area (Å²) in [6.07, 6.45) is 3.63. The molecule has 0 bridgehead atoms. The summed E-state index contributed by atoms with van der Waals surface area (Å²) in [6, 6.07) is 8.51. The van der Waals surface area contributed by atoms with Crippen LogP contribution in [0, 0.1) is 0 Å². The zero-order valence-electron chi connectivity index (χ0n) is 12.1. The molecule has 2 heterocycles. The number of fused-ring (bicyclic) bond motifs is 1. The Kier molecular flexibility index (Phi) is 3.41. The maximum Gasteiger partial charge on any atom is 0.123 e. The molecule has 1 aromatic carbocycles. The second-order valence-electron chi connectivity index (χ2n) is 5.92. The van der Waals surface area contributed by atoms with Gasteiger partial charge in [0.1, 0.15) is 17.1 Å². The fourth-order valence-electron chi connectivity index (χ4n) is 2.83. The Morgan fingerprint density at radius 2 is 2.10 bits per heavy atom. The Hall–Kier alpha value is -1.22. The van der Waals surface area contributed by atoms with Crippen molar-refractivity contribution in [2.45, 2.75) is 44.0 Å². The molecule has 1 aliphatic rings. The summed E-state index contributed by atoms with van der Waals surface area (Å²) >= 11 is 3.80. The normalized spacial score (nSPS) is 17.6. The molecule has 106 valence electrons. The summed E-state index contributed by atoms with van der Waals surface area (Å²) in [5.74, 6) is 2.06. The number of ether oxygens (including phenoxy) is 1. The molecule has 0 saturated heterocycles. The highest BCUT2D eigenvalue weighted by Crippen LogP contribution is 2.40. The number of benzene rings is 1. The third-order valence-electron chi connectivity index (χ3n) is 3.75. The predicted octanol–water partition coefficient (Wildman–Crippen LogP) is 5.04. The van der Waals surface area contributed by atoms with Gasteiger partial charge in [0.25, 0.3) is 0 Å². The molecule has 2 nitrogen and oxygen atoms in total. The van der Waals surface area contributed by atoms with E-state index in [0.717, 1.165) is 24.4 Å². The summed E-state index contributed by atoms with van der Waals surface area (Å²) < 4.78 is 11.5. The van der Waals surface area contributed by atoms with E-state index < -0.39 is 0 Å². The minimum absolute atomic E-state index is 0.0903. The highest BCUT2D eigenvalue weighted by atomic mass is 79.9. The molecule has 1 atom stereocenters. The fourth-order valence-corrected chi connectivity index (χ4v) is 3.52. The third-order valence-corrected chi connectivity index (χ3v) is 4.78. The molecule has 0 spiro atoms. The minimum atomic E-state index is -0.0903. The van der Waals surface area contributed by atoms with Gasteiger partial charge in [0.2, 0.25) is 0 Å². The first kappa shape index (κ1) is 13.7. The Balaban J connectivity index is 1.93. The van der Waals surface area contributed by atoms with Gasteiger partial charge >= 0.3 is 0 Å². The van der Waals surface area contributed by atoms with Gasteiger partial charge in [-0.25, -0.2) is 0 Å². The first-order valence-electron chi connectivity index (χ1n) is 7.02. The quantitative estimate of drug-likeness (QED) is 0.733. The predicted molar refractivity (Wildman–Crippen MR) is 83.7 cm³/mol. The molecule has 2 aromatic rings. The van der Waals surface area contributed by atoms with Crippen LogP contribution >= 0.6 is 15.9 Å². The van der Waals surface area contributed by atoms with Gasteiger partial charge in [0, 0.05) is 18.4 Å². The van der Waals surface area contributed by atoms with E-state index in [9.17, 15) is 0 Å². The van der Waals surface area contributed by atoms with Crippen LogP contribution in [0.25, 0.3) is 0 Å². The molecule has 0 saturated carbocycles. The molecule has 20 heavy (non-hydrogen) atoms. The van der Waals surface area contributed by atoms with E-state index in [4.69, 9.17) is 9.15 Å². The van der Waals surface area contributed by atoms with Crippen molar-refractivity contribution in [2.24, 2.45) is 0 Å². The molecule has 0 amide bonds. The van der Waals surface area contributed by atoms with Crippen LogP contribution in [-0.4, -0.2) is 5.60 Å². The average molecular weight is 335 g/mol. The van der Waals surface area contributed by atoms with E-state index in [2.05, 4.69) is 54.9 Å². The number of halogens is 1. The van der Waals surface area contributed by atoms with Gasteiger partial charge in [-0.1, -0.05) is 35.0 Å². The van der Waals surface area contributed by atoms with Crippen LogP contribution in [0.2, 0.25) is 0 Å². The van der Waals surface area contributed by atoms with Crippen LogP contribution in [0.15, 0.2) is 34.9 Å². The molecule has 1 aliphatic heterocycles. The van der Waals surface area contributed by atoms with Crippen LogP contribution in [0.4, 0.5) is 0 Å². The Morgan fingerprint density at radius 3 is 2.85 bits per heavy atom. The SMILES string of the molecule is CCc1occc1C(Br)c1ccc2c(c1)CC(C)(C)O2. The average Bonchev–Trinajstić information content (AvgIpc) is 2.98. The molecule has 0 radical (unpaired) electrons. The summed E-state index contributed by atoms with van der Waals surface area (Å²) in [6.45, 7) is 6.37. The van der Waals surface area contributed by atoms with E-state index in [0.29, 0.717) is 0 Å². The van der Waals surface area contributed by atoms with Crippen LogP contribution in [0.5, 0.6) is 5.75 Å². The topological polar surface area (TPSA) is 22.4 Å². The summed E-state index contributed by atoms with van der Waals surface area (Å²) in [5, 5.41) is 0. The van der Waals surface area contributed by atoms with Crippen molar-refractivity contribution in [2.75, 3.05) is 0 Å². The van der Waals surface area contributed by atoms with E-state index in [1.807, 2.05) is 6.07 Å². The Morgan fingerprint density at radius 1 is 1.30 bits per heavy atom. The molecule has 0 N–H and O–H groups in total. The second kappa shape index (κ2) is 4.96. The Labute approximate surface area is 128 Å². The van der Waals surface area contributed by atoms with Crippen molar-refractivity contribution in [3.05, 3.63) is 53.0 Å². The summed E-state index contributed by atoms with van der Waals surface area (Å²) in [4.78, 5) is 0.171. The first-order chi connectivity index (χ1) is 9.50. The lowest BCUT2D eigenvalue weighted by atomic mass is 9.97. The monoisotopic (exact) mass is 334 g/mol. The van der Waals surface area contributed by atoms with Gasteiger partial charge in [0.15, 0.2) is 0 Å². The highest BCUT2D eigenvalue weighted by molar-refractivity contribution is 9.09. The molecule has 1 unspecified atom stereocenters. The number of aryl methyl sites for hydroxylation is 1. The standard InChI is InChI=1S/C17H19BrO2/c1-4-14-13(7-8-19-14)16(18)11-5-6-15-12(9-11)10-17(2,3)20-15/h5-9,16H,4,10H2,1-3H3. The van der Waals surface area contributed by atoms with Gasteiger partial charge in [-0.05, 0) is 37.1 Å². The van der Waals surface area contributed by atoms with E-state index in [1.54, 1.807) is 6.26 Å². The van der Waals surface area contributed by atoms with Crippen molar-refractivity contribution in [1.29, 1.82) is 0 Å². The van der Waals surface area contributed by atoms with E-state index in [1.165, 1.54) is 16.7 Å². The fraction of sp³-hybridized carbons (Fsp3) is 0.412.